The maximum Gasteiger partial charge on any atom is 0.244 e. The van der Waals surface area contributed by atoms with Gasteiger partial charge in [0, 0.05) is 24.0 Å². The van der Waals surface area contributed by atoms with E-state index in [0.29, 0.717) is 10.7 Å². The fraction of sp³-hybridized carbons (Fsp3) is 0.333. The number of rotatable bonds is 11. The first-order chi connectivity index (χ1) is 18.3. The zero-order valence-corrected chi connectivity index (χ0v) is 24.6. The van der Waals surface area contributed by atoms with Crippen LogP contribution in [0.1, 0.15) is 36.1 Å². The van der Waals surface area contributed by atoms with Gasteiger partial charge in [-0.05, 0) is 68.1 Å². The lowest BCUT2D eigenvalue weighted by Crippen LogP contribution is -2.54. The van der Waals surface area contributed by atoms with E-state index in [1.165, 1.54) is 4.90 Å². The molecule has 3 aromatic carbocycles. The molecule has 0 saturated carbocycles. The number of anilines is 1. The highest BCUT2D eigenvalue weighted by Crippen LogP contribution is 2.25. The number of aryl methyl sites for hydroxylation is 2. The maximum atomic E-state index is 14.1. The summed E-state index contributed by atoms with van der Waals surface area (Å²) in [5.74, 6) is -0.801. The molecule has 1 atom stereocenters. The standard InChI is InChI=1S/C30H36ClN3O4S/c1-21(2)32-30(36)28(18-24-9-7-6-8-10-24)33(19-25-13-15-26(31)16-14-25)29(35)20-34(39(5,37)38)27-17-22(3)11-12-23(27)4/h6-17,21,28H,18-20H2,1-5H3,(H,32,36)/t28-/m1/s1. The van der Waals surface area contributed by atoms with E-state index in [1.807, 2.05) is 63.2 Å². The molecule has 7 nitrogen and oxygen atoms in total. The molecule has 0 aromatic heterocycles. The number of nitrogens with one attached hydrogen (secondary N) is 1. The molecule has 0 aliphatic heterocycles. The summed E-state index contributed by atoms with van der Waals surface area (Å²) in [7, 11) is -3.82. The summed E-state index contributed by atoms with van der Waals surface area (Å²) in [6.45, 7) is 7.03. The topological polar surface area (TPSA) is 86.8 Å². The van der Waals surface area contributed by atoms with Crippen molar-refractivity contribution in [2.75, 3.05) is 17.1 Å². The quantitative estimate of drug-likeness (QED) is 0.356. The molecule has 0 spiro atoms. The first-order valence-corrected chi connectivity index (χ1v) is 15.0. The Labute approximate surface area is 236 Å². The van der Waals surface area contributed by atoms with Crippen LogP contribution in [-0.4, -0.2) is 50.0 Å². The lowest BCUT2D eigenvalue weighted by atomic mass is 10.0. The second-order valence-corrected chi connectivity index (χ2v) is 12.4. The van der Waals surface area contributed by atoms with Crippen molar-refractivity contribution in [1.82, 2.24) is 10.2 Å². The first-order valence-electron chi connectivity index (χ1n) is 12.8. The average molecular weight is 570 g/mol. The monoisotopic (exact) mass is 569 g/mol. The summed E-state index contributed by atoms with van der Waals surface area (Å²) in [6.07, 6.45) is 1.35. The number of carbonyl (C=O) groups is 2. The van der Waals surface area contributed by atoms with Gasteiger partial charge >= 0.3 is 0 Å². The molecule has 208 valence electrons. The van der Waals surface area contributed by atoms with Crippen LogP contribution in [0.15, 0.2) is 72.8 Å². The molecule has 0 radical (unpaired) electrons. The minimum absolute atomic E-state index is 0.101. The Balaban J connectivity index is 2.07. The van der Waals surface area contributed by atoms with Crippen LogP contribution in [0.3, 0.4) is 0 Å². The van der Waals surface area contributed by atoms with E-state index in [-0.39, 0.29) is 24.9 Å². The molecular weight excluding hydrogens is 534 g/mol. The van der Waals surface area contributed by atoms with E-state index in [0.717, 1.165) is 32.8 Å². The van der Waals surface area contributed by atoms with Gasteiger partial charge in [-0.15, -0.1) is 0 Å². The van der Waals surface area contributed by atoms with Crippen molar-refractivity contribution in [2.24, 2.45) is 0 Å². The number of amides is 2. The van der Waals surface area contributed by atoms with E-state index in [1.54, 1.807) is 37.3 Å². The third-order valence-corrected chi connectivity index (χ3v) is 7.66. The Bertz CT molecular complexity index is 1390. The number of sulfonamides is 1. The van der Waals surface area contributed by atoms with Gasteiger partial charge in [-0.2, -0.15) is 0 Å². The third kappa shape index (κ3) is 8.57. The van der Waals surface area contributed by atoms with E-state index in [4.69, 9.17) is 11.6 Å². The molecule has 0 bridgehead atoms. The molecule has 3 rings (SSSR count). The molecule has 2 amide bonds. The summed E-state index contributed by atoms with van der Waals surface area (Å²) < 4.78 is 27.0. The minimum atomic E-state index is -3.82. The Morgan fingerprint density at radius 1 is 0.923 bits per heavy atom. The van der Waals surface area contributed by atoms with Gasteiger partial charge < -0.3 is 10.2 Å². The highest BCUT2D eigenvalue weighted by atomic mass is 35.5. The van der Waals surface area contributed by atoms with Gasteiger partial charge in [0.25, 0.3) is 0 Å². The van der Waals surface area contributed by atoms with E-state index < -0.39 is 28.5 Å². The van der Waals surface area contributed by atoms with Crippen molar-refractivity contribution in [1.29, 1.82) is 0 Å². The lowest BCUT2D eigenvalue weighted by Gasteiger charge is -2.34. The Hall–Kier alpha value is -3.36. The number of halogens is 1. The van der Waals surface area contributed by atoms with E-state index in [2.05, 4.69) is 5.32 Å². The molecule has 0 heterocycles. The number of benzene rings is 3. The van der Waals surface area contributed by atoms with Crippen LogP contribution in [0, 0.1) is 13.8 Å². The first kappa shape index (κ1) is 30.2. The fourth-order valence-electron chi connectivity index (χ4n) is 4.30. The summed E-state index contributed by atoms with van der Waals surface area (Å²) in [5, 5.41) is 3.49. The fourth-order valence-corrected chi connectivity index (χ4v) is 5.33. The summed E-state index contributed by atoms with van der Waals surface area (Å²) in [4.78, 5) is 29.1. The predicted molar refractivity (Wildman–Crippen MR) is 157 cm³/mol. The van der Waals surface area contributed by atoms with Crippen LogP contribution in [-0.2, 0) is 32.6 Å². The van der Waals surface area contributed by atoms with Crippen LogP contribution in [0.2, 0.25) is 5.02 Å². The van der Waals surface area contributed by atoms with Gasteiger partial charge in [-0.25, -0.2) is 8.42 Å². The van der Waals surface area contributed by atoms with Gasteiger partial charge in [0.2, 0.25) is 21.8 Å². The second-order valence-electron chi connectivity index (χ2n) is 10.1. The van der Waals surface area contributed by atoms with Gasteiger partial charge in [0.15, 0.2) is 0 Å². The predicted octanol–water partition coefficient (Wildman–Crippen LogP) is 4.89. The number of hydrogen-bond donors (Lipinski definition) is 1. The van der Waals surface area contributed by atoms with Crippen molar-refractivity contribution >= 4 is 39.1 Å². The Morgan fingerprint density at radius 2 is 1.56 bits per heavy atom. The summed E-state index contributed by atoms with van der Waals surface area (Å²) >= 11 is 6.08. The lowest BCUT2D eigenvalue weighted by molar-refractivity contribution is -0.140. The van der Waals surface area contributed by atoms with E-state index >= 15 is 0 Å². The molecule has 0 saturated heterocycles. The van der Waals surface area contributed by atoms with Crippen molar-refractivity contribution < 1.29 is 18.0 Å². The second kappa shape index (κ2) is 13.1. The smallest absolute Gasteiger partial charge is 0.244 e. The molecule has 1 N–H and O–H groups in total. The molecule has 0 aliphatic rings. The largest absolute Gasteiger partial charge is 0.352 e. The van der Waals surface area contributed by atoms with Crippen LogP contribution >= 0.6 is 11.6 Å². The summed E-state index contributed by atoms with van der Waals surface area (Å²) in [6, 6.07) is 20.9. The molecule has 0 aliphatic carbocycles. The van der Waals surface area contributed by atoms with Gasteiger partial charge in [0.05, 0.1) is 11.9 Å². The highest BCUT2D eigenvalue weighted by Gasteiger charge is 2.33. The van der Waals surface area contributed by atoms with Crippen LogP contribution < -0.4 is 9.62 Å². The number of nitrogens with zero attached hydrogens (tertiary/aromatic N) is 2. The van der Waals surface area contributed by atoms with Gasteiger partial charge in [0.1, 0.15) is 12.6 Å². The van der Waals surface area contributed by atoms with Crippen LogP contribution in [0.4, 0.5) is 5.69 Å². The van der Waals surface area contributed by atoms with Crippen LogP contribution in [0.5, 0.6) is 0 Å². The summed E-state index contributed by atoms with van der Waals surface area (Å²) in [5.41, 5.74) is 3.67. The number of hydrogen-bond acceptors (Lipinski definition) is 4. The van der Waals surface area contributed by atoms with Crippen molar-refractivity contribution in [3.05, 3.63) is 100 Å². The zero-order chi connectivity index (χ0) is 28.7. The number of carbonyl (C=O) groups excluding carboxylic acids is 2. The van der Waals surface area contributed by atoms with Crippen molar-refractivity contribution in [2.45, 2.75) is 52.7 Å². The average Bonchev–Trinajstić information content (AvgIpc) is 2.86. The SMILES string of the molecule is Cc1ccc(C)c(N(CC(=O)N(Cc2ccc(Cl)cc2)[C@H](Cc2ccccc2)C(=O)NC(C)C)S(C)(=O)=O)c1. The molecule has 9 heteroatoms. The van der Waals surface area contributed by atoms with Gasteiger partial charge in [-0.1, -0.05) is 66.2 Å². The highest BCUT2D eigenvalue weighted by molar-refractivity contribution is 7.92. The third-order valence-electron chi connectivity index (χ3n) is 6.28. The van der Waals surface area contributed by atoms with Crippen molar-refractivity contribution in [3.63, 3.8) is 0 Å². The van der Waals surface area contributed by atoms with E-state index in [9.17, 15) is 18.0 Å². The van der Waals surface area contributed by atoms with Crippen LogP contribution in [0.25, 0.3) is 0 Å². The maximum absolute atomic E-state index is 14.1. The molecule has 39 heavy (non-hydrogen) atoms. The normalized spacial score (nSPS) is 12.2. The van der Waals surface area contributed by atoms with Crippen molar-refractivity contribution in [3.8, 4) is 0 Å². The molecule has 0 unspecified atom stereocenters. The molecular formula is C30H36ClN3O4S. The zero-order valence-electron chi connectivity index (χ0n) is 23.0. The Kier molecular flexibility index (Phi) is 10.2. The molecule has 3 aromatic rings. The molecule has 0 fully saturated rings. The van der Waals surface area contributed by atoms with Gasteiger partial charge in [-0.3, -0.25) is 13.9 Å². The minimum Gasteiger partial charge on any atom is -0.352 e. The Morgan fingerprint density at radius 3 is 2.15 bits per heavy atom.